The Hall–Kier alpha value is -4.07. The van der Waals surface area contributed by atoms with E-state index in [0.29, 0.717) is 43.9 Å². The minimum atomic E-state index is -0.593. The van der Waals surface area contributed by atoms with E-state index in [1.807, 2.05) is 48.5 Å². The second-order valence-corrected chi connectivity index (χ2v) is 12.3. The quantitative estimate of drug-likeness (QED) is 0.0742. The molecule has 7 heteroatoms. The highest BCUT2D eigenvalue weighted by atomic mass is 16.5. The molecule has 4 N–H and O–H groups in total. The van der Waals surface area contributed by atoms with Gasteiger partial charge in [-0.1, -0.05) is 62.1 Å². The number of phenolic OH excluding ortho intramolecular Hbond substituents is 1. The first-order valence-corrected chi connectivity index (χ1v) is 16.5. The van der Waals surface area contributed by atoms with Gasteiger partial charge >= 0.3 is 0 Å². The average molecular weight is 628 g/mol. The number of aliphatic hydroxyl groups excluding tert-OH is 2. The maximum atomic E-state index is 12.6. The molecule has 0 amide bonds. The lowest BCUT2D eigenvalue weighted by molar-refractivity contribution is -0.121. The van der Waals surface area contributed by atoms with E-state index >= 15 is 0 Å². The van der Waals surface area contributed by atoms with Crippen LogP contribution in [0.5, 0.6) is 17.2 Å². The van der Waals surface area contributed by atoms with Crippen molar-refractivity contribution in [3.05, 3.63) is 95.6 Å². The van der Waals surface area contributed by atoms with Gasteiger partial charge in [-0.3, -0.25) is 4.79 Å². The van der Waals surface area contributed by atoms with Crippen LogP contribution in [0.2, 0.25) is 0 Å². The van der Waals surface area contributed by atoms with Crippen molar-refractivity contribution in [2.75, 3.05) is 19.0 Å². The lowest BCUT2D eigenvalue weighted by Crippen LogP contribution is -2.15. The minimum Gasteiger partial charge on any atom is -0.508 e. The zero-order chi connectivity index (χ0) is 32.7. The van der Waals surface area contributed by atoms with Crippen LogP contribution in [0.15, 0.2) is 78.9 Å². The monoisotopic (exact) mass is 627 g/mol. The zero-order valence-corrected chi connectivity index (χ0v) is 27.2. The third kappa shape index (κ3) is 11.7. The second-order valence-electron chi connectivity index (χ2n) is 12.3. The predicted molar refractivity (Wildman–Crippen MR) is 185 cm³/mol. The number of unbranched alkanes of at least 4 members (excludes halogenated alkanes) is 4. The summed E-state index contributed by atoms with van der Waals surface area (Å²) in [6, 6.07) is 25.4. The lowest BCUT2D eigenvalue weighted by Gasteiger charge is -2.13. The number of hydrogen-bond donors (Lipinski definition) is 4. The Kier molecular flexibility index (Phi) is 13.7. The maximum Gasteiger partial charge on any atom is 0.161 e. The van der Waals surface area contributed by atoms with Gasteiger partial charge in [0.2, 0.25) is 0 Å². The lowest BCUT2D eigenvalue weighted by atomic mass is 10.00. The van der Waals surface area contributed by atoms with Crippen LogP contribution >= 0.6 is 0 Å². The van der Waals surface area contributed by atoms with E-state index in [1.54, 1.807) is 26.2 Å². The number of Topliss-reactive ketones (excluding diaryl/α,β-unsaturated/α-hetero) is 1. The van der Waals surface area contributed by atoms with Crippen LogP contribution in [0.25, 0.3) is 10.8 Å². The molecular formula is C39H49NO6. The molecule has 0 bridgehead atoms. The minimum absolute atomic E-state index is 0.0677. The predicted octanol–water partition coefficient (Wildman–Crippen LogP) is 7.76. The fourth-order valence-corrected chi connectivity index (χ4v) is 5.62. The molecule has 2 atom stereocenters. The Morgan fingerprint density at radius 1 is 0.783 bits per heavy atom. The molecule has 7 nitrogen and oxygen atoms in total. The number of fused-ring (bicyclic) bond motifs is 1. The molecular weight excluding hydrogens is 578 g/mol. The van der Waals surface area contributed by atoms with Crippen molar-refractivity contribution < 1.29 is 29.6 Å². The topological polar surface area (TPSA) is 108 Å². The summed E-state index contributed by atoms with van der Waals surface area (Å²) in [6.45, 7) is 2.68. The molecule has 46 heavy (non-hydrogen) atoms. The Bertz CT molecular complexity index is 1530. The maximum absolute atomic E-state index is 12.6. The molecule has 0 aromatic heterocycles. The largest absolute Gasteiger partial charge is 0.508 e. The molecule has 0 radical (unpaired) electrons. The first kappa shape index (κ1) is 34.8. The van der Waals surface area contributed by atoms with Crippen LogP contribution in [-0.2, 0) is 24.2 Å². The molecule has 4 rings (SSSR count). The number of carbonyl (C=O) groups is 1. The smallest absolute Gasteiger partial charge is 0.161 e. The molecule has 0 aliphatic carbocycles. The fraction of sp³-hybridized carbons (Fsp3) is 0.410. The molecule has 0 aliphatic rings. The van der Waals surface area contributed by atoms with Crippen LogP contribution in [0.1, 0.15) is 75.0 Å². The summed E-state index contributed by atoms with van der Waals surface area (Å²) in [4.78, 5) is 12.6. The highest BCUT2D eigenvalue weighted by Crippen LogP contribution is 2.30. The van der Waals surface area contributed by atoms with Gasteiger partial charge in [-0.15, -0.1) is 0 Å². The van der Waals surface area contributed by atoms with Crippen molar-refractivity contribution in [3.63, 3.8) is 0 Å². The molecule has 2 unspecified atom stereocenters. The molecule has 0 fully saturated rings. The molecule has 0 aliphatic heterocycles. The van der Waals surface area contributed by atoms with Gasteiger partial charge in [0.25, 0.3) is 0 Å². The van der Waals surface area contributed by atoms with Crippen LogP contribution in [-0.4, -0.2) is 47.0 Å². The van der Waals surface area contributed by atoms with Gasteiger partial charge in [-0.05, 0) is 103 Å². The SMILES string of the molecule is COc1ccc(CCC(=O)CC(O)CCCCCCCc2cccc(NCC(C)O)c2)cc1OCc1ccc2cc(O)ccc2c1. The van der Waals surface area contributed by atoms with Gasteiger partial charge in [-0.25, -0.2) is 0 Å². The molecule has 0 saturated carbocycles. The Balaban J connectivity index is 1.12. The molecule has 4 aromatic carbocycles. The Labute approximate surface area is 273 Å². The molecule has 246 valence electrons. The van der Waals surface area contributed by atoms with Crippen molar-refractivity contribution in [1.82, 2.24) is 0 Å². The first-order valence-electron chi connectivity index (χ1n) is 16.5. The number of phenols is 1. The summed E-state index contributed by atoms with van der Waals surface area (Å²) in [7, 11) is 1.61. The van der Waals surface area contributed by atoms with Crippen molar-refractivity contribution in [1.29, 1.82) is 0 Å². The van der Waals surface area contributed by atoms with Gasteiger partial charge in [0.05, 0.1) is 19.3 Å². The van der Waals surface area contributed by atoms with Gasteiger partial charge in [0, 0.05) is 25.1 Å². The van der Waals surface area contributed by atoms with Gasteiger partial charge in [-0.2, -0.15) is 0 Å². The number of aryl methyl sites for hydroxylation is 2. The number of rotatable bonds is 20. The Morgan fingerprint density at radius 3 is 2.35 bits per heavy atom. The molecule has 0 spiro atoms. The zero-order valence-electron chi connectivity index (χ0n) is 27.2. The molecule has 4 aromatic rings. The first-order chi connectivity index (χ1) is 22.3. The standard InChI is InChI=1S/C39H49NO6/c1-28(41)26-40-34-11-8-10-29(22-34)9-6-4-3-5-7-12-35(42)25-37(44)18-14-30-15-20-38(45-2)39(23-30)46-27-31-13-16-33-24-36(43)19-17-32(33)21-31/h8,10-11,13,15-17,19-24,28,35,40-43H,3-7,9,12,14,18,25-27H2,1-2H3. The van der Waals surface area contributed by atoms with E-state index in [4.69, 9.17) is 9.47 Å². The van der Waals surface area contributed by atoms with E-state index in [0.717, 1.165) is 66.1 Å². The molecule has 0 saturated heterocycles. The number of nitrogens with one attached hydrogen (secondary N) is 1. The summed E-state index contributed by atoms with van der Waals surface area (Å²) < 4.78 is 11.6. The highest BCUT2D eigenvalue weighted by molar-refractivity contribution is 5.84. The van der Waals surface area contributed by atoms with E-state index in [-0.39, 0.29) is 24.1 Å². The van der Waals surface area contributed by atoms with E-state index < -0.39 is 6.10 Å². The van der Waals surface area contributed by atoms with Crippen molar-refractivity contribution in [2.45, 2.75) is 89.9 Å². The number of carbonyl (C=O) groups excluding carboxylic acids is 1. The van der Waals surface area contributed by atoms with Crippen molar-refractivity contribution in [2.24, 2.45) is 0 Å². The van der Waals surface area contributed by atoms with Gasteiger partial charge in [0.15, 0.2) is 11.5 Å². The highest BCUT2D eigenvalue weighted by Gasteiger charge is 2.13. The number of benzene rings is 4. The number of anilines is 1. The molecule has 0 heterocycles. The van der Waals surface area contributed by atoms with E-state index in [2.05, 4.69) is 23.5 Å². The second kappa shape index (κ2) is 18.2. The number of ether oxygens (including phenoxy) is 2. The van der Waals surface area contributed by atoms with Crippen LogP contribution in [0, 0.1) is 0 Å². The Morgan fingerprint density at radius 2 is 1.52 bits per heavy atom. The summed E-state index contributed by atoms with van der Waals surface area (Å²) in [6.07, 6.45) is 7.21. The summed E-state index contributed by atoms with van der Waals surface area (Å²) in [5, 5.41) is 34.8. The average Bonchev–Trinajstić information content (AvgIpc) is 3.05. The van der Waals surface area contributed by atoms with Gasteiger partial charge in [0.1, 0.15) is 18.1 Å². The van der Waals surface area contributed by atoms with E-state index in [9.17, 15) is 20.1 Å². The van der Waals surface area contributed by atoms with Crippen molar-refractivity contribution in [3.8, 4) is 17.2 Å². The van der Waals surface area contributed by atoms with Crippen LogP contribution in [0.4, 0.5) is 5.69 Å². The normalized spacial score (nSPS) is 12.5. The third-order valence-electron chi connectivity index (χ3n) is 8.20. The van der Waals surface area contributed by atoms with E-state index in [1.165, 1.54) is 5.56 Å². The summed E-state index contributed by atoms with van der Waals surface area (Å²) in [5.74, 6) is 1.56. The van der Waals surface area contributed by atoms with Crippen LogP contribution in [0.3, 0.4) is 0 Å². The number of methoxy groups -OCH3 is 1. The van der Waals surface area contributed by atoms with Crippen molar-refractivity contribution >= 4 is 22.2 Å². The summed E-state index contributed by atoms with van der Waals surface area (Å²) >= 11 is 0. The summed E-state index contributed by atoms with van der Waals surface area (Å²) in [5.41, 5.74) is 4.32. The third-order valence-corrected chi connectivity index (χ3v) is 8.20. The number of aromatic hydroxyl groups is 1. The fourth-order valence-electron chi connectivity index (χ4n) is 5.62. The number of aliphatic hydroxyl groups is 2. The van der Waals surface area contributed by atoms with Crippen LogP contribution < -0.4 is 14.8 Å². The number of hydrogen-bond acceptors (Lipinski definition) is 7. The van der Waals surface area contributed by atoms with Gasteiger partial charge < -0.3 is 30.1 Å². The number of ketones is 1.